The van der Waals surface area contributed by atoms with E-state index in [9.17, 15) is 0 Å². The van der Waals surface area contributed by atoms with E-state index < -0.39 is 0 Å². The minimum atomic E-state index is 0.403. The molecule has 1 aliphatic rings. The molecule has 0 bridgehead atoms. The Kier molecular flexibility index (Phi) is 5.91. The summed E-state index contributed by atoms with van der Waals surface area (Å²) in [5.74, 6) is 1.49. The van der Waals surface area contributed by atoms with Gasteiger partial charge in [-0.3, -0.25) is 0 Å². The average molecular weight is 361 g/mol. The number of ether oxygens (including phenoxy) is 1. The number of nitrogens with zero attached hydrogens (tertiary/aromatic N) is 2. The molecule has 1 atom stereocenters. The summed E-state index contributed by atoms with van der Waals surface area (Å²) in [6.45, 7) is 7.84. The zero-order valence-corrected chi connectivity index (χ0v) is 16.2. The quantitative estimate of drug-likeness (QED) is 0.633. The van der Waals surface area contributed by atoms with Gasteiger partial charge in [-0.25, -0.2) is 4.98 Å². The first-order valence-electron chi connectivity index (χ1n) is 9.07. The number of benzene rings is 1. The van der Waals surface area contributed by atoms with E-state index in [0.717, 1.165) is 67.5 Å². The smallest absolute Gasteiger partial charge is 0.168 e. The van der Waals surface area contributed by atoms with E-state index in [4.69, 9.17) is 21.9 Å². The van der Waals surface area contributed by atoms with Crippen molar-refractivity contribution in [1.82, 2.24) is 20.2 Å². The van der Waals surface area contributed by atoms with Gasteiger partial charge in [0, 0.05) is 39.3 Å². The van der Waals surface area contributed by atoms with E-state index in [1.165, 1.54) is 11.1 Å². The minimum absolute atomic E-state index is 0.403. The maximum Gasteiger partial charge on any atom is 0.168 e. The van der Waals surface area contributed by atoms with Crippen LogP contribution in [0.15, 0.2) is 12.1 Å². The first-order chi connectivity index (χ1) is 12.1. The maximum absolute atomic E-state index is 5.57. The molecule has 25 heavy (non-hydrogen) atoms. The van der Waals surface area contributed by atoms with Crippen LogP contribution in [0.5, 0.6) is 0 Å². The lowest BCUT2D eigenvalue weighted by Crippen LogP contribution is -2.45. The van der Waals surface area contributed by atoms with Crippen LogP contribution in [0.3, 0.4) is 0 Å². The summed E-state index contributed by atoms with van der Waals surface area (Å²) >= 11 is 5.57. The molecule has 1 aromatic carbocycles. The van der Waals surface area contributed by atoms with Gasteiger partial charge in [0.2, 0.25) is 0 Å². The molecule has 0 radical (unpaired) electrons. The highest BCUT2D eigenvalue weighted by molar-refractivity contribution is 7.80. The average Bonchev–Trinajstić information content (AvgIpc) is 3.02. The molecular weight excluding hydrogens is 332 g/mol. The predicted octanol–water partition coefficient (Wildman–Crippen LogP) is 3.27. The topological polar surface area (TPSA) is 53.2 Å². The molecule has 5 nitrogen and oxygen atoms in total. The van der Waals surface area contributed by atoms with Gasteiger partial charge in [-0.15, -0.1) is 0 Å². The lowest BCUT2D eigenvalue weighted by Gasteiger charge is -2.33. The Hall–Kier alpha value is -1.66. The zero-order valence-electron chi connectivity index (χ0n) is 15.4. The van der Waals surface area contributed by atoms with Crippen molar-refractivity contribution in [2.75, 3.05) is 33.4 Å². The Morgan fingerprint density at radius 3 is 3.00 bits per heavy atom. The van der Waals surface area contributed by atoms with Crippen LogP contribution in [0.4, 0.5) is 0 Å². The highest BCUT2D eigenvalue weighted by Gasteiger charge is 2.25. The third kappa shape index (κ3) is 4.30. The Bertz CT molecular complexity index is 703. The van der Waals surface area contributed by atoms with Crippen LogP contribution < -0.4 is 5.32 Å². The summed E-state index contributed by atoms with van der Waals surface area (Å²) in [5.41, 5.74) is 4.79. The molecule has 2 aromatic rings. The number of rotatable bonds is 5. The van der Waals surface area contributed by atoms with Gasteiger partial charge in [0.15, 0.2) is 5.11 Å². The van der Waals surface area contributed by atoms with Crippen molar-refractivity contribution in [2.24, 2.45) is 0 Å². The number of H-pyrrole nitrogens is 1. The first-order valence-corrected chi connectivity index (χ1v) is 9.48. The monoisotopic (exact) mass is 360 g/mol. The van der Waals surface area contributed by atoms with Crippen molar-refractivity contribution in [3.63, 3.8) is 0 Å². The van der Waals surface area contributed by atoms with E-state index in [-0.39, 0.29) is 0 Å². The van der Waals surface area contributed by atoms with Gasteiger partial charge >= 0.3 is 0 Å². The molecule has 0 amide bonds. The Morgan fingerprint density at radius 1 is 1.40 bits per heavy atom. The molecular formula is C19H28N4OS. The van der Waals surface area contributed by atoms with E-state index >= 15 is 0 Å². The molecule has 0 unspecified atom stereocenters. The Morgan fingerprint density at radius 2 is 2.20 bits per heavy atom. The fraction of sp³-hybridized carbons (Fsp3) is 0.579. The number of aromatic amines is 1. The second-order valence-corrected chi connectivity index (χ2v) is 7.33. The van der Waals surface area contributed by atoms with Gasteiger partial charge in [0.1, 0.15) is 5.82 Å². The molecule has 1 aromatic heterocycles. The number of nitrogens with one attached hydrogen (secondary N) is 2. The summed E-state index contributed by atoms with van der Waals surface area (Å²) in [6, 6.07) is 4.37. The SMILES string of the molecule is COCCCNC(=S)N1CCC[C@@H](c2nc3cc(C)c(C)cc3[nH]2)C1. The molecule has 2 heterocycles. The van der Waals surface area contributed by atoms with Crippen LogP contribution in [-0.4, -0.2) is 53.3 Å². The van der Waals surface area contributed by atoms with E-state index in [0.29, 0.717) is 5.92 Å². The molecule has 136 valence electrons. The standard InChI is InChI=1S/C19H28N4OS/c1-13-10-16-17(11-14(13)2)22-18(21-16)15-6-4-8-23(12-15)19(25)20-7-5-9-24-3/h10-11,15H,4-9,12H2,1-3H3,(H,20,25)(H,21,22)/t15-/m1/s1. The lowest BCUT2D eigenvalue weighted by atomic mass is 9.98. The number of aryl methyl sites for hydroxylation is 2. The molecule has 3 rings (SSSR count). The van der Waals surface area contributed by atoms with Gasteiger partial charge in [0.25, 0.3) is 0 Å². The summed E-state index contributed by atoms with van der Waals surface area (Å²) in [4.78, 5) is 10.7. The van der Waals surface area contributed by atoms with Gasteiger partial charge in [-0.1, -0.05) is 0 Å². The number of imidazole rings is 1. The largest absolute Gasteiger partial charge is 0.385 e. The third-order valence-electron chi connectivity index (χ3n) is 5.01. The normalized spacial score (nSPS) is 17.9. The maximum atomic E-state index is 5.57. The predicted molar refractivity (Wildman–Crippen MR) is 106 cm³/mol. The lowest BCUT2D eigenvalue weighted by molar-refractivity contribution is 0.195. The van der Waals surface area contributed by atoms with E-state index in [1.807, 2.05) is 0 Å². The van der Waals surface area contributed by atoms with Gasteiger partial charge in [-0.05, 0) is 68.6 Å². The fourth-order valence-corrected chi connectivity index (χ4v) is 3.66. The minimum Gasteiger partial charge on any atom is -0.385 e. The number of aromatic nitrogens is 2. The van der Waals surface area contributed by atoms with E-state index in [1.54, 1.807) is 7.11 Å². The molecule has 0 spiro atoms. The second kappa shape index (κ2) is 8.15. The number of methoxy groups -OCH3 is 1. The van der Waals surface area contributed by atoms with Crippen molar-refractivity contribution in [1.29, 1.82) is 0 Å². The molecule has 1 fully saturated rings. The number of fused-ring (bicyclic) bond motifs is 1. The van der Waals surface area contributed by atoms with Crippen LogP contribution >= 0.6 is 12.2 Å². The third-order valence-corrected chi connectivity index (χ3v) is 5.41. The van der Waals surface area contributed by atoms with Crippen LogP contribution in [0.25, 0.3) is 11.0 Å². The van der Waals surface area contributed by atoms with Gasteiger partial charge < -0.3 is 19.9 Å². The summed E-state index contributed by atoms with van der Waals surface area (Å²) < 4.78 is 5.08. The zero-order chi connectivity index (χ0) is 17.8. The van der Waals surface area contributed by atoms with Crippen LogP contribution in [-0.2, 0) is 4.74 Å². The number of likely N-dealkylation sites (tertiary alicyclic amines) is 1. The molecule has 1 aliphatic heterocycles. The van der Waals surface area contributed by atoms with E-state index in [2.05, 4.69) is 41.2 Å². The fourth-order valence-electron chi connectivity index (χ4n) is 3.39. The first kappa shape index (κ1) is 18.1. The van der Waals surface area contributed by atoms with Gasteiger partial charge in [0.05, 0.1) is 11.0 Å². The van der Waals surface area contributed by atoms with Crippen molar-refractivity contribution >= 4 is 28.4 Å². The van der Waals surface area contributed by atoms with Crippen molar-refractivity contribution in [3.8, 4) is 0 Å². The highest BCUT2D eigenvalue weighted by atomic mass is 32.1. The van der Waals surface area contributed by atoms with Crippen molar-refractivity contribution in [2.45, 2.75) is 39.0 Å². The number of thiocarbonyl (C=S) groups is 1. The molecule has 0 aliphatic carbocycles. The van der Waals surface area contributed by atoms with Crippen molar-refractivity contribution < 1.29 is 4.74 Å². The number of piperidine rings is 1. The summed E-state index contributed by atoms with van der Waals surface area (Å²) in [6.07, 6.45) is 3.26. The number of hydrogen-bond donors (Lipinski definition) is 2. The number of hydrogen-bond acceptors (Lipinski definition) is 3. The Balaban J connectivity index is 1.65. The summed E-state index contributed by atoms with van der Waals surface area (Å²) in [7, 11) is 1.73. The Labute approximate surface area is 155 Å². The molecule has 0 saturated carbocycles. The molecule has 2 N–H and O–H groups in total. The van der Waals surface area contributed by atoms with Gasteiger partial charge in [-0.2, -0.15) is 0 Å². The highest BCUT2D eigenvalue weighted by Crippen LogP contribution is 2.27. The van der Waals surface area contributed by atoms with Crippen molar-refractivity contribution in [3.05, 3.63) is 29.1 Å². The second-order valence-electron chi connectivity index (χ2n) is 6.94. The molecule has 1 saturated heterocycles. The van der Waals surface area contributed by atoms with Crippen LogP contribution in [0, 0.1) is 13.8 Å². The summed E-state index contributed by atoms with van der Waals surface area (Å²) in [5, 5.41) is 4.20. The molecule has 6 heteroatoms. The van der Waals surface area contributed by atoms with Crippen LogP contribution in [0.2, 0.25) is 0 Å². The van der Waals surface area contributed by atoms with Crippen LogP contribution in [0.1, 0.15) is 42.1 Å².